The fourth-order valence-corrected chi connectivity index (χ4v) is 1.25. The van der Waals surface area contributed by atoms with Crippen molar-refractivity contribution in [1.29, 1.82) is 0 Å². The van der Waals surface area contributed by atoms with Crippen LogP contribution < -0.4 is 5.73 Å². The molecule has 1 aromatic carbocycles. The average molecular weight is 170 g/mol. The van der Waals surface area contributed by atoms with Crippen LogP contribution in [0.5, 0.6) is 0 Å². The maximum absolute atomic E-state index is 5.81. The minimum atomic E-state index is 0.765. The molecule has 0 amide bonds. The molecule has 0 radical (unpaired) electrons. The van der Waals surface area contributed by atoms with Crippen molar-refractivity contribution >= 4 is 5.69 Å². The summed E-state index contributed by atoms with van der Waals surface area (Å²) >= 11 is 0. The van der Waals surface area contributed by atoms with E-state index in [-0.39, 0.29) is 0 Å². The van der Waals surface area contributed by atoms with Crippen molar-refractivity contribution in [1.82, 2.24) is 4.98 Å². The van der Waals surface area contributed by atoms with Gasteiger partial charge in [-0.15, -0.1) is 0 Å². The van der Waals surface area contributed by atoms with Gasteiger partial charge in [0.15, 0.2) is 0 Å². The van der Waals surface area contributed by atoms with Crippen LogP contribution in [0.25, 0.3) is 11.3 Å². The zero-order valence-corrected chi connectivity index (χ0v) is 7.14. The Kier molecular flexibility index (Phi) is 1.96. The molecule has 2 N–H and O–H groups in total. The molecule has 0 saturated carbocycles. The number of nitrogen functional groups attached to an aromatic ring is 1. The van der Waals surface area contributed by atoms with Gasteiger partial charge in [-0.25, -0.2) is 0 Å². The topological polar surface area (TPSA) is 38.9 Å². The van der Waals surface area contributed by atoms with Crippen molar-refractivity contribution in [3.05, 3.63) is 48.7 Å². The molecule has 13 heavy (non-hydrogen) atoms. The molecule has 0 saturated heterocycles. The first kappa shape index (κ1) is 7.80. The summed E-state index contributed by atoms with van der Waals surface area (Å²) in [6, 6.07) is 13.5. The molecule has 0 unspecified atom stereocenters. The smallest absolute Gasteiger partial charge is 0.0722 e. The normalized spacial score (nSPS) is 9.85. The molecule has 1 aromatic heterocycles. The van der Waals surface area contributed by atoms with Crippen molar-refractivity contribution in [2.75, 3.05) is 5.73 Å². The molecule has 0 spiro atoms. The van der Waals surface area contributed by atoms with Crippen molar-refractivity contribution < 1.29 is 0 Å². The second kappa shape index (κ2) is 3.27. The monoisotopic (exact) mass is 170 g/mol. The number of anilines is 1. The molecule has 1 heterocycles. The Bertz CT molecular complexity index is 396. The third-order valence-corrected chi connectivity index (χ3v) is 1.90. The lowest BCUT2D eigenvalue weighted by Crippen LogP contribution is -1.90. The lowest BCUT2D eigenvalue weighted by Gasteiger charge is -2.02. The molecular formula is C11H10N2. The molecule has 0 fully saturated rings. The summed E-state index contributed by atoms with van der Waals surface area (Å²) in [6.45, 7) is 0. The lowest BCUT2D eigenvalue weighted by molar-refractivity contribution is 1.33. The van der Waals surface area contributed by atoms with Gasteiger partial charge in [-0.3, -0.25) is 4.98 Å². The second-order valence-electron chi connectivity index (χ2n) is 2.80. The molecule has 2 nitrogen and oxygen atoms in total. The summed E-state index contributed by atoms with van der Waals surface area (Å²) in [5.74, 6) is 0. The van der Waals surface area contributed by atoms with Crippen LogP contribution in [0.3, 0.4) is 0 Å². The zero-order valence-electron chi connectivity index (χ0n) is 7.14. The standard InChI is InChI=1S/C11H10N2/c12-10-6-2-1-5-9(10)11-7-3-4-8-13-11/h1-8H,12H2. The van der Waals surface area contributed by atoms with E-state index in [0.717, 1.165) is 16.9 Å². The van der Waals surface area contributed by atoms with E-state index in [1.807, 2.05) is 42.5 Å². The van der Waals surface area contributed by atoms with Crippen LogP contribution in [-0.2, 0) is 0 Å². The lowest BCUT2D eigenvalue weighted by atomic mass is 10.1. The molecule has 2 rings (SSSR count). The van der Waals surface area contributed by atoms with Crippen LogP contribution >= 0.6 is 0 Å². The van der Waals surface area contributed by atoms with Gasteiger partial charge in [0.2, 0.25) is 0 Å². The molecule has 0 atom stereocenters. The highest BCUT2D eigenvalue weighted by molar-refractivity contribution is 5.73. The quantitative estimate of drug-likeness (QED) is 0.667. The molecule has 0 aliphatic heterocycles. The van der Waals surface area contributed by atoms with E-state index in [9.17, 15) is 0 Å². The van der Waals surface area contributed by atoms with E-state index >= 15 is 0 Å². The molecule has 0 aliphatic carbocycles. The molecule has 64 valence electrons. The first-order chi connectivity index (χ1) is 6.38. The summed E-state index contributed by atoms with van der Waals surface area (Å²) in [7, 11) is 0. The number of nitrogens with zero attached hydrogens (tertiary/aromatic N) is 1. The van der Waals surface area contributed by atoms with Gasteiger partial charge < -0.3 is 5.73 Å². The number of benzene rings is 1. The van der Waals surface area contributed by atoms with Crippen molar-refractivity contribution in [3.8, 4) is 11.3 Å². The van der Waals surface area contributed by atoms with Gasteiger partial charge >= 0.3 is 0 Å². The van der Waals surface area contributed by atoms with Crippen molar-refractivity contribution in [3.63, 3.8) is 0 Å². The first-order valence-electron chi connectivity index (χ1n) is 4.14. The number of nitrogens with two attached hydrogens (primary N) is 1. The Morgan fingerprint density at radius 1 is 0.923 bits per heavy atom. The van der Waals surface area contributed by atoms with Gasteiger partial charge in [0.1, 0.15) is 0 Å². The van der Waals surface area contributed by atoms with Gasteiger partial charge in [0, 0.05) is 17.4 Å². The highest BCUT2D eigenvalue weighted by Gasteiger charge is 2.00. The molecule has 0 bridgehead atoms. The SMILES string of the molecule is Nc1ccccc1-c1ccccn1. The maximum Gasteiger partial charge on any atom is 0.0722 e. The Morgan fingerprint density at radius 3 is 2.38 bits per heavy atom. The maximum atomic E-state index is 5.81. The first-order valence-corrected chi connectivity index (χ1v) is 4.14. The predicted molar refractivity (Wildman–Crippen MR) is 54.1 cm³/mol. The summed E-state index contributed by atoms with van der Waals surface area (Å²) in [5, 5.41) is 0. The van der Waals surface area contributed by atoms with Gasteiger partial charge in [-0.05, 0) is 18.2 Å². The van der Waals surface area contributed by atoms with Crippen LogP contribution in [-0.4, -0.2) is 4.98 Å². The van der Waals surface area contributed by atoms with Crippen LogP contribution in [0.15, 0.2) is 48.7 Å². The fourth-order valence-electron chi connectivity index (χ4n) is 1.25. The van der Waals surface area contributed by atoms with Gasteiger partial charge in [-0.1, -0.05) is 24.3 Å². The largest absolute Gasteiger partial charge is 0.398 e. The van der Waals surface area contributed by atoms with Gasteiger partial charge in [0.05, 0.1) is 5.69 Å². The summed E-state index contributed by atoms with van der Waals surface area (Å²) in [4.78, 5) is 4.23. The van der Waals surface area contributed by atoms with Crippen LogP contribution in [0.4, 0.5) is 5.69 Å². The molecule has 2 heteroatoms. The summed E-state index contributed by atoms with van der Waals surface area (Å²) in [5.41, 5.74) is 8.48. The van der Waals surface area contributed by atoms with E-state index < -0.39 is 0 Å². The van der Waals surface area contributed by atoms with Gasteiger partial charge in [-0.2, -0.15) is 0 Å². The van der Waals surface area contributed by atoms with Crippen molar-refractivity contribution in [2.45, 2.75) is 0 Å². The van der Waals surface area contributed by atoms with E-state index in [2.05, 4.69) is 4.98 Å². The highest BCUT2D eigenvalue weighted by Crippen LogP contribution is 2.22. The summed E-state index contributed by atoms with van der Waals surface area (Å²) < 4.78 is 0. The summed E-state index contributed by atoms with van der Waals surface area (Å²) in [6.07, 6.45) is 1.77. The average Bonchev–Trinajstić information content (AvgIpc) is 2.20. The third-order valence-electron chi connectivity index (χ3n) is 1.90. The number of pyridine rings is 1. The van der Waals surface area contributed by atoms with Crippen LogP contribution in [0.2, 0.25) is 0 Å². The zero-order chi connectivity index (χ0) is 9.10. The van der Waals surface area contributed by atoms with Gasteiger partial charge in [0.25, 0.3) is 0 Å². The Morgan fingerprint density at radius 2 is 1.69 bits per heavy atom. The number of rotatable bonds is 1. The number of aromatic nitrogens is 1. The van der Waals surface area contributed by atoms with E-state index in [1.165, 1.54) is 0 Å². The predicted octanol–water partition coefficient (Wildman–Crippen LogP) is 2.33. The minimum absolute atomic E-state index is 0.765. The number of para-hydroxylation sites is 1. The minimum Gasteiger partial charge on any atom is -0.398 e. The Hall–Kier alpha value is -1.83. The van der Waals surface area contributed by atoms with Crippen LogP contribution in [0, 0.1) is 0 Å². The molecular weight excluding hydrogens is 160 g/mol. The second-order valence-corrected chi connectivity index (χ2v) is 2.80. The Labute approximate surface area is 77.0 Å². The fraction of sp³-hybridized carbons (Fsp3) is 0. The number of hydrogen-bond acceptors (Lipinski definition) is 2. The molecule has 0 aliphatic rings. The molecule has 2 aromatic rings. The van der Waals surface area contributed by atoms with E-state index in [4.69, 9.17) is 5.73 Å². The van der Waals surface area contributed by atoms with Crippen molar-refractivity contribution in [2.24, 2.45) is 0 Å². The third kappa shape index (κ3) is 1.51. The van der Waals surface area contributed by atoms with Crippen LogP contribution in [0.1, 0.15) is 0 Å². The number of hydrogen-bond donors (Lipinski definition) is 1. The van der Waals surface area contributed by atoms with E-state index in [1.54, 1.807) is 6.20 Å². The Balaban J connectivity index is 2.54. The van der Waals surface area contributed by atoms with E-state index in [0.29, 0.717) is 0 Å². The highest BCUT2D eigenvalue weighted by atomic mass is 14.7.